The standard InChI is InChI=1S/C23H29NO5/c1-16(29-19-12-10-18(11-13-19)23(2,3)4)22(26)28-15-21(25)24-14-17-8-6-7-9-20(17)27-5/h6-13,16H,14-15H2,1-5H3,(H,24,25)/t16-/m1/s1. The first kappa shape index (κ1) is 22.3. The van der Waals surface area contributed by atoms with Gasteiger partial charge in [-0.05, 0) is 36.1 Å². The molecule has 0 heterocycles. The second-order valence-electron chi connectivity index (χ2n) is 7.73. The Balaban J connectivity index is 1.78. The Morgan fingerprint density at radius 1 is 1.03 bits per heavy atom. The molecule has 0 fully saturated rings. The predicted octanol–water partition coefficient (Wildman–Crippen LogP) is 3.62. The molecule has 0 bridgehead atoms. The SMILES string of the molecule is COc1ccccc1CNC(=O)COC(=O)[C@@H](C)Oc1ccc(C(C)(C)C)cc1. The van der Waals surface area contributed by atoms with Crippen molar-refractivity contribution in [2.24, 2.45) is 0 Å². The van der Waals surface area contributed by atoms with Gasteiger partial charge in [-0.1, -0.05) is 51.1 Å². The number of rotatable bonds is 8. The molecule has 0 aliphatic carbocycles. The van der Waals surface area contributed by atoms with Crippen LogP contribution in [0.4, 0.5) is 0 Å². The molecular formula is C23H29NO5. The van der Waals surface area contributed by atoms with E-state index >= 15 is 0 Å². The van der Waals surface area contributed by atoms with E-state index in [-0.39, 0.29) is 18.6 Å². The van der Waals surface area contributed by atoms with Crippen LogP contribution in [0.2, 0.25) is 0 Å². The fraction of sp³-hybridized carbons (Fsp3) is 0.391. The van der Waals surface area contributed by atoms with Crippen LogP contribution in [0, 0.1) is 0 Å². The van der Waals surface area contributed by atoms with Gasteiger partial charge in [-0.25, -0.2) is 4.79 Å². The number of ether oxygens (including phenoxy) is 3. The van der Waals surface area contributed by atoms with Crippen molar-refractivity contribution in [1.82, 2.24) is 5.32 Å². The van der Waals surface area contributed by atoms with Crippen molar-refractivity contribution in [1.29, 1.82) is 0 Å². The molecule has 2 aromatic rings. The van der Waals surface area contributed by atoms with E-state index in [1.807, 2.05) is 48.5 Å². The summed E-state index contributed by atoms with van der Waals surface area (Å²) in [5, 5.41) is 2.70. The first-order valence-electron chi connectivity index (χ1n) is 9.53. The number of carbonyl (C=O) groups excluding carboxylic acids is 2. The summed E-state index contributed by atoms with van der Waals surface area (Å²) in [6.45, 7) is 7.88. The Bertz CT molecular complexity index is 824. The van der Waals surface area contributed by atoms with Crippen molar-refractivity contribution in [3.8, 4) is 11.5 Å². The zero-order valence-electron chi connectivity index (χ0n) is 17.7. The van der Waals surface area contributed by atoms with E-state index < -0.39 is 18.0 Å². The van der Waals surface area contributed by atoms with Crippen molar-refractivity contribution in [3.05, 3.63) is 59.7 Å². The van der Waals surface area contributed by atoms with Gasteiger partial charge in [-0.2, -0.15) is 0 Å². The highest BCUT2D eigenvalue weighted by Gasteiger charge is 2.19. The molecule has 1 amide bonds. The van der Waals surface area contributed by atoms with Crippen molar-refractivity contribution in [3.63, 3.8) is 0 Å². The van der Waals surface area contributed by atoms with Crippen LogP contribution in [0.1, 0.15) is 38.8 Å². The van der Waals surface area contributed by atoms with Gasteiger partial charge < -0.3 is 19.5 Å². The summed E-state index contributed by atoms with van der Waals surface area (Å²) in [7, 11) is 1.57. The quantitative estimate of drug-likeness (QED) is 0.687. The zero-order chi connectivity index (χ0) is 21.4. The van der Waals surface area contributed by atoms with E-state index in [1.165, 1.54) is 5.56 Å². The number of benzene rings is 2. The summed E-state index contributed by atoms with van der Waals surface area (Å²) in [6, 6.07) is 15.0. The van der Waals surface area contributed by atoms with Crippen molar-refractivity contribution in [2.45, 2.75) is 45.8 Å². The third-order valence-electron chi connectivity index (χ3n) is 4.38. The number of amides is 1. The van der Waals surface area contributed by atoms with Crippen molar-refractivity contribution in [2.75, 3.05) is 13.7 Å². The molecule has 29 heavy (non-hydrogen) atoms. The Hall–Kier alpha value is -3.02. The molecule has 2 aromatic carbocycles. The van der Waals surface area contributed by atoms with Gasteiger partial charge in [0.1, 0.15) is 11.5 Å². The number of esters is 1. The van der Waals surface area contributed by atoms with Crippen molar-refractivity contribution < 1.29 is 23.8 Å². The van der Waals surface area contributed by atoms with Crippen LogP contribution >= 0.6 is 0 Å². The molecule has 6 nitrogen and oxygen atoms in total. The highest BCUT2D eigenvalue weighted by Crippen LogP contribution is 2.24. The van der Waals surface area contributed by atoms with Crippen molar-refractivity contribution >= 4 is 11.9 Å². The van der Waals surface area contributed by atoms with Gasteiger partial charge in [0.15, 0.2) is 12.7 Å². The molecular weight excluding hydrogens is 370 g/mol. The van der Waals surface area contributed by atoms with Gasteiger partial charge in [-0.15, -0.1) is 0 Å². The fourth-order valence-corrected chi connectivity index (χ4v) is 2.63. The lowest BCUT2D eigenvalue weighted by atomic mass is 9.87. The Morgan fingerprint density at radius 2 is 1.69 bits per heavy atom. The van der Waals surface area contributed by atoms with Gasteiger partial charge in [0.2, 0.25) is 0 Å². The summed E-state index contributed by atoms with van der Waals surface area (Å²) in [6.07, 6.45) is -0.822. The van der Waals surface area contributed by atoms with Gasteiger partial charge in [0.05, 0.1) is 7.11 Å². The number of nitrogens with one attached hydrogen (secondary N) is 1. The Labute approximate surface area is 172 Å². The summed E-state index contributed by atoms with van der Waals surface area (Å²) in [5.74, 6) is 0.260. The van der Waals surface area contributed by atoms with Gasteiger partial charge in [0, 0.05) is 12.1 Å². The maximum atomic E-state index is 12.1. The van der Waals surface area contributed by atoms with E-state index in [0.29, 0.717) is 11.5 Å². The third kappa shape index (κ3) is 6.82. The topological polar surface area (TPSA) is 73.9 Å². The second kappa shape index (κ2) is 9.96. The molecule has 1 atom stereocenters. The molecule has 0 radical (unpaired) electrons. The van der Waals surface area contributed by atoms with Crippen LogP contribution in [-0.4, -0.2) is 31.7 Å². The summed E-state index contributed by atoms with van der Waals surface area (Å²) >= 11 is 0. The van der Waals surface area contributed by atoms with E-state index in [0.717, 1.165) is 5.56 Å². The summed E-state index contributed by atoms with van der Waals surface area (Å²) < 4.78 is 15.9. The van der Waals surface area contributed by atoms with E-state index in [9.17, 15) is 9.59 Å². The zero-order valence-corrected chi connectivity index (χ0v) is 17.7. The van der Waals surface area contributed by atoms with E-state index in [2.05, 4.69) is 26.1 Å². The summed E-state index contributed by atoms with van der Waals surface area (Å²) in [4.78, 5) is 24.1. The molecule has 0 aliphatic rings. The number of methoxy groups -OCH3 is 1. The first-order valence-corrected chi connectivity index (χ1v) is 9.53. The van der Waals surface area contributed by atoms with Crippen LogP contribution in [0.15, 0.2) is 48.5 Å². The fourth-order valence-electron chi connectivity index (χ4n) is 2.63. The summed E-state index contributed by atoms with van der Waals surface area (Å²) in [5.41, 5.74) is 2.05. The minimum absolute atomic E-state index is 0.0419. The molecule has 6 heteroatoms. The molecule has 0 unspecified atom stereocenters. The smallest absolute Gasteiger partial charge is 0.347 e. The molecule has 0 spiro atoms. The van der Waals surface area contributed by atoms with E-state index in [4.69, 9.17) is 14.2 Å². The maximum Gasteiger partial charge on any atom is 0.347 e. The molecule has 0 saturated carbocycles. The average molecular weight is 399 g/mol. The second-order valence-corrected chi connectivity index (χ2v) is 7.73. The van der Waals surface area contributed by atoms with Crippen LogP contribution in [-0.2, 0) is 26.3 Å². The highest BCUT2D eigenvalue weighted by molar-refractivity contribution is 5.82. The molecule has 2 rings (SSSR count). The minimum Gasteiger partial charge on any atom is -0.496 e. The minimum atomic E-state index is -0.822. The molecule has 0 saturated heterocycles. The predicted molar refractivity (Wildman–Crippen MR) is 111 cm³/mol. The van der Waals surface area contributed by atoms with Gasteiger partial charge in [-0.3, -0.25) is 4.79 Å². The lowest BCUT2D eigenvalue weighted by Gasteiger charge is -2.20. The molecule has 156 valence electrons. The Kier molecular flexibility index (Phi) is 7.65. The lowest BCUT2D eigenvalue weighted by molar-refractivity contribution is -0.154. The van der Waals surface area contributed by atoms with Crippen LogP contribution in [0.5, 0.6) is 11.5 Å². The number of hydrogen-bond acceptors (Lipinski definition) is 5. The number of carbonyl (C=O) groups is 2. The van der Waals surface area contributed by atoms with Crippen LogP contribution < -0.4 is 14.8 Å². The van der Waals surface area contributed by atoms with Gasteiger partial charge >= 0.3 is 5.97 Å². The van der Waals surface area contributed by atoms with E-state index in [1.54, 1.807) is 14.0 Å². The lowest BCUT2D eigenvalue weighted by Crippen LogP contribution is -2.32. The van der Waals surface area contributed by atoms with Crippen LogP contribution in [0.3, 0.4) is 0 Å². The number of para-hydroxylation sites is 1. The van der Waals surface area contributed by atoms with Crippen LogP contribution in [0.25, 0.3) is 0 Å². The molecule has 1 N–H and O–H groups in total. The number of hydrogen-bond donors (Lipinski definition) is 1. The first-order chi connectivity index (χ1) is 13.7. The average Bonchev–Trinajstić information content (AvgIpc) is 2.70. The third-order valence-corrected chi connectivity index (χ3v) is 4.38. The monoisotopic (exact) mass is 399 g/mol. The molecule has 0 aromatic heterocycles. The highest BCUT2D eigenvalue weighted by atomic mass is 16.6. The Morgan fingerprint density at radius 3 is 2.31 bits per heavy atom. The maximum absolute atomic E-state index is 12.1. The normalized spacial score (nSPS) is 12.0. The largest absolute Gasteiger partial charge is 0.496 e. The van der Waals surface area contributed by atoms with Gasteiger partial charge in [0.25, 0.3) is 5.91 Å². The molecule has 0 aliphatic heterocycles.